The molecule has 0 spiro atoms. The minimum Gasteiger partial charge on any atom is -0.497 e. The number of nitrogens with zero attached hydrogens (tertiary/aromatic N) is 1. The van der Waals surface area contributed by atoms with Gasteiger partial charge >= 0.3 is 11.8 Å². The van der Waals surface area contributed by atoms with Crippen LogP contribution in [-0.4, -0.2) is 25.1 Å². The predicted molar refractivity (Wildman–Crippen MR) is 79.3 cm³/mol. The molecule has 0 saturated heterocycles. The maximum absolute atomic E-state index is 11.6. The van der Waals surface area contributed by atoms with Crippen molar-refractivity contribution in [2.45, 2.75) is 6.54 Å². The molecule has 0 saturated carbocycles. The lowest BCUT2D eigenvalue weighted by Gasteiger charge is -2.05. The molecular formula is C15H15N3O4. The molecular weight excluding hydrogens is 286 g/mol. The van der Waals surface area contributed by atoms with Gasteiger partial charge in [0.15, 0.2) is 0 Å². The number of ether oxygens (including phenoxy) is 1. The second-order valence-corrected chi connectivity index (χ2v) is 4.25. The van der Waals surface area contributed by atoms with E-state index < -0.39 is 11.8 Å². The molecule has 7 nitrogen and oxygen atoms in total. The lowest BCUT2D eigenvalue weighted by atomic mass is 10.2. The van der Waals surface area contributed by atoms with Crippen molar-refractivity contribution in [1.29, 1.82) is 0 Å². The van der Waals surface area contributed by atoms with Crippen LogP contribution in [0.5, 0.6) is 5.75 Å². The highest BCUT2D eigenvalue weighted by atomic mass is 16.5. The van der Waals surface area contributed by atoms with Crippen LogP contribution in [0.15, 0.2) is 52.2 Å². The van der Waals surface area contributed by atoms with Crippen LogP contribution in [0.1, 0.15) is 11.3 Å². The highest BCUT2D eigenvalue weighted by Crippen LogP contribution is 2.10. The number of carbonyl (C=O) groups excluding carboxylic acids is 2. The molecule has 0 radical (unpaired) electrons. The number of carbonyl (C=O) groups is 2. The van der Waals surface area contributed by atoms with Crippen LogP contribution < -0.4 is 15.5 Å². The molecule has 2 aromatic rings. The van der Waals surface area contributed by atoms with Gasteiger partial charge < -0.3 is 14.5 Å². The number of methoxy groups -OCH3 is 1. The summed E-state index contributed by atoms with van der Waals surface area (Å²) in [5.41, 5.74) is 2.96. The summed E-state index contributed by atoms with van der Waals surface area (Å²) in [5.74, 6) is -0.428. The number of rotatable bonds is 5. The smallest absolute Gasteiger partial charge is 0.329 e. The van der Waals surface area contributed by atoms with Crippen LogP contribution in [0.25, 0.3) is 0 Å². The van der Waals surface area contributed by atoms with Gasteiger partial charge in [-0.3, -0.25) is 9.59 Å². The van der Waals surface area contributed by atoms with Crippen LogP contribution in [-0.2, 0) is 16.1 Å². The third kappa shape index (κ3) is 4.48. The number of furan rings is 1. The Morgan fingerprint density at radius 2 is 2.00 bits per heavy atom. The minimum atomic E-state index is -0.851. The Bertz CT molecular complexity index is 648. The highest BCUT2D eigenvalue weighted by Gasteiger charge is 2.11. The number of hydrogen-bond acceptors (Lipinski definition) is 5. The fraction of sp³-hybridized carbons (Fsp3) is 0.133. The molecule has 2 N–H and O–H groups in total. The zero-order chi connectivity index (χ0) is 15.8. The summed E-state index contributed by atoms with van der Waals surface area (Å²) in [6, 6.07) is 10.5. The molecule has 0 unspecified atom stereocenters. The van der Waals surface area contributed by atoms with Gasteiger partial charge in [-0.25, -0.2) is 5.43 Å². The molecule has 0 atom stereocenters. The monoisotopic (exact) mass is 301 g/mol. The second kappa shape index (κ2) is 7.63. The molecule has 7 heteroatoms. The van der Waals surface area contributed by atoms with E-state index >= 15 is 0 Å². The largest absolute Gasteiger partial charge is 0.497 e. The van der Waals surface area contributed by atoms with Crippen LogP contribution in [0, 0.1) is 0 Å². The van der Waals surface area contributed by atoms with E-state index in [0.717, 1.165) is 11.3 Å². The van der Waals surface area contributed by atoms with E-state index in [9.17, 15) is 9.59 Å². The number of hydrazone groups is 1. The van der Waals surface area contributed by atoms with E-state index in [2.05, 4.69) is 15.8 Å². The Morgan fingerprint density at radius 1 is 1.23 bits per heavy atom. The van der Waals surface area contributed by atoms with Gasteiger partial charge in [0.1, 0.15) is 11.5 Å². The first-order chi connectivity index (χ1) is 10.7. The van der Waals surface area contributed by atoms with Gasteiger partial charge in [0, 0.05) is 6.54 Å². The number of nitrogens with one attached hydrogen (secondary N) is 2. The topological polar surface area (TPSA) is 92.9 Å². The summed E-state index contributed by atoms with van der Waals surface area (Å²) in [6.07, 6.45) is 2.78. The first-order valence-electron chi connectivity index (χ1n) is 6.46. The van der Waals surface area contributed by atoms with E-state index in [4.69, 9.17) is 9.15 Å². The summed E-state index contributed by atoms with van der Waals surface area (Å²) in [6.45, 7) is 0.234. The fourth-order valence-electron chi connectivity index (χ4n) is 1.58. The zero-order valence-electron chi connectivity index (χ0n) is 11.9. The van der Waals surface area contributed by atoms with Crippen molar-refractivity contribution < 1.29 is 18.7 Å². The quantitative estimate of drug-likeness (QED) is 0.490. The van der Waals surface area contributed by atoms with Gasteiger partial charge in [-0.2, -0.15) is 5.10 Å². The lowest BCUT2D eigenvalue weighted by molar-refractivity contribution is -0.139. The van der Waals surface area contributed by atoms with Crippen molar-refractivity contribution >= 4 is 18.0 Å². The summed E-state index contributed by atoms with van der Waals surface area (Å²) in [7, 11) is 1.57. The summed E-state index contributed by atoms with van der Waals surface area (Å²) in [5, 5.41) is 6.11. The number of amides is 2. The molecule has 1 heterocycles. The standard InChI is InChI=1S/C15H15N3O4/c1-21-12-6-4-11(5-7-12)9-16-14(19)15(20)18-17-10-13-3-2-8-22-13/h2-8,10H,9H2,1H3,(H,16,19)(H,18,20)/b17-10-. The third-order valence-electron chi connectivity index (χ3n) is 2.72. The fourth-order valence-corrected chi connectivity index (χ4v) is 1.58. The van der Waals surface area contributed by atoms with Crippen molar-refractivity contribution in [3.63, 3.8) is 0 Å². The average molecular weight is 301 g/mol. The molecule has 2 rings (SSSR count). The molecule has 0 bridgehead atoms. The maximum Gasteiger partial charge on any atom is 0.329 e. The van der Waals surface area contributed by atoms with Gasteiger partial charge in [-0.05, 0) is 29.8 Å². The van der Waals surface area contributed by atoms with Gasteiger partial charge in [-0.15, -0.1) is 0 Å². The van der Waals surface area contributed by atoms with Crippen molar-refractivity contribution in [3.05, 3.63) is 54.0 Å². The third-order valence-corrected chi connectivity index (χ3v) is 2.72. The Morgan fingerprint density at radius 3 is 2.64 bits per heavy atom. The maximum atomic E-state index is 11.6. The summed E-state index contributed by atoms with van der Waals surface area (Å²) < 4.78 is 10.0. The van der Waals surface area contributed by atoms with E-state index in [1.807, 2.05) is 0 Å². The van der Waals surface area contributed by atoms with Crippen LogP contribution in [0.2, 0.25) is 0 Å². The second-order valence-electron chi connectivity index (χ2n) is 4.25. The highest BCUT2D eigenvalue weighted by molar-refractivity contribution is 6.35. The SMILES string of the molecule is COc1ccc(CNC(=O)C(=O)N/N=C\c2ccco2)cc1. The molecule has 0 aliphatic heterocycles. The molecule has 1 aromatic carbocycles. The normalized spacial score (nSPS) is 10.4. The van der Waals surface area contributed by atoms with E-state index in [-0.39, 0.29) is 6.54 Å². The van der Waals surface area contributed by atoms with Gasteiger partial charge in [0.25, 0.3) is 0 Å². The number of benzene rings is 1. The van der Waals surface area contributed by atoms with E-state index in [0.29, 0.717) is 5.76 Å². The molecule has 22 heavy (non-hydrogen) atoms. The lowest BCUT2D eigenvalue weighted by Crippen LogP contribution is -2.37. The molecule has 2 amide bonds. The molecule has 0 aliphatic carbocycles. The van der Waals surface area contributed by atoms with Gasteiger partial charge in [0.05, 0.1) is 19.6 Å². The predicted octanol–water partition coefficient (Wildman–Crippen LogP) is 1.05. The average Bonchev–Trinajstić information content (AvgIpc) is 3.06. The van der Waals surface area contributed by atoms with Crippen LogP contribution >= 0.6 is 0 Å². The van der Waals surface area contributed by atoms with Gasteiger partial charge in [0.2, 0.25) is 0 Å². The first-order valence-corrected chi connectivity index (χ1v) is 6.46. The molecule has 0 fully saturated rings. The molecule has 0 aliphatic rings. The summed E-state index contributed by atoms with van der Waals surface area (Å²) >= 11 is 0. The van der Waals surface area contributed by atoms with E-state index in [1.54, 1.807) is 43.5 Å². The zero-order valence-corrected chi connectivity index (χ0v) is 11.9. The minimum absolute atomic E-state index is 0.234. The summed E-state index contributed by atoms with van der Waals surface area (Å²) in [4.78, 5) is 23.1. The van der Waals surface area contributed by atoms with Crippen molar-refractivity contribution in [1.82, 2.24) is 10.7 Å². The van der Waals surface area contributed by atoms with Crippen molar-refractivity contribution in [2.24, 2.45) is 5.10 Å². The van der Waals surface area contributed by atoms with Gasteiger partial charge in [-0.1, -0.05) is 12.1 Å². The Labute approximate surface area is 127 Å². The first kappa shape index (κ1) is 15.3. The Hall–Kier alpha value is -3.09. The Balaban J connectivity index is 1.77. The number of hydrogen-bond donors (Lipinski definition) is 2. The van der Waals surface area contributed by atoms with Crippen molar-refractivity contribution in [3.8, 4) is 5.75 Å². The molecule has 114 valence electrons. The van der Waals surface area contributed by atoms with Crippen LogP contribution in [0.3, 0.4) is 0 Å². The Kier molecular flexibility index (Phi) is 5.31. The van der Waals surface area contributed by atoms with E-state index in [1.165, 1.54) is 12.5 Å². The van der Waals surface area contributed by atoms with Crippen LogP contribution in [0.4, 0.5) is 0 Å². The molecule has 1 aromatic heterocycles. The van der Waals surface area contributed by atoms with Crippen molar-refractivity contribution in [2.75, 3.05) is 7.11 Å².